The highest BCUT2D eigenvalue weighted by atomic mass is 32.1. The number of piperidine rings is 1. The van der Waals surface area contributed by atoms with Crippen LogP contribution in [0.25, 0.3) is 0 Å². The Morgan fingerprint density at radius 1 is 1.43 bits per heavy atom. The van der Waals surface area contributed by atoms with Crippen LogP contribution in [-0.4, -0.2) is 47.4 Å². The zero-order valence-electron chi connectivity index (χ0n) is 13.3. The van der Waals surface area contributed by atoms with Crippen molar-refractivity contribution in [1.82, 2.24) is 9.88 Å². The van der Waals surface area contributed by atoms with E-state index in [1.54, 1.807) is 17.2 Å². The summed E-state index contributed by atoms with van der Waals surface area (Å²) in [4.78, 5) is 41.5. The lowest BCUT2D eigenvalue weighted by Gasteiger charge is -2.34. The Bertz CT molecular complexity index is 587. The number of carbonyl (C=O) groups is 3. The van der Waals surface area contributed by atoms with E-state index in [1.165, 1.54) is 18.4 Å². The molecule has 2 heterocycles. The Hall–Kier alpha value is -1.96. The molecule has 7 nitrogen and oxygen atoms in total. The predicted octanol–water partition coefficient (Wildman–Crippen LogP) is 1.59. The molecular formula is C15H21N3O4S. The SMILES string of the molecule is CCC(=O)N1CCCC[C@H]1C(=O)Nc1nc(CC(=O)OC)cs1. The zero-order chi connectivity index (χ0) is 16.8. The first kappa shape index (κ1) is 17.4. The van der Waals surface area contributed by atoms with Crippen molar-refractivity contribution in [1.29, 1.82) is 0 Å². The van der Waals surface area contributed by atoms with Crippen LogP contribution in [0.5, 0.6) is 0 Å². The van der Waals surface area contributed by atoms with Crippen LogP contribution in [0.2, 0.25) is 0 Å². The number of aromatic nitrogens is 1. The Morgan fingerprint density at radius 3 is 2.91 bits per heavy atom. The fraction of sp³-hybridized carbons (Fsp3) is 0.600. The average molecular weight is 339 g/mol. The van der Waals surface area contributed by atoms with E-state index in [-0.39, 0.29) is 24.2 Å². The molecule has 1 aromatic heterocycles. The number of carbonyl (C=O) groups excluding carboxylic acids is 3. The molecule has 0 unspecified atom stereocenters. The summed E-state index contributed by atoms with van der Waals surface area (Å²) < 4.78 is 4.59. The number of likely N-dealkylation sites (tertiary alicyclic amines) is 1. The average Bonchev–Trinajstić information content (AvgIpc) is 3.00. The molecule has 1 saturated heterocycles. The number of thiazole rings is 1. The van der Waals surface area contributed by atoms with Gasteiger partial charge in [0.15, 0.2) is 5.13 Å². The van der Waals surface area contributed by atoms with Crippen molar-refractivity contribution in [3.8, 4) is 0 Å². The van der Waals surface area contributed by atoms with Crippen molar-refractivity contribution in [2.24, 2.45) is 0 Å². The largest absolute Gasteiger partial charge is 0.469 e. The Morgan fingerprint density at radius 2 is 2.22 bits per heavy atom. The first-order valence-electron chi connectivity index (χ1n) is 7.66. The summed E-state index contributed by atoms with van der Waals surface area (Å²) in [5.41, 5.74) is 0.558. The van der Waals surface area contributed by atoms with E-state index in [4.69, 9.17) is 0 Å². The van der Waals surface area contributed by atoms with Crippen LogP contribution in [0.15, 0.2) is 5.38 Å². The van der Waals surface area contributed by atoms with Gasteiger partial charge in [0.2, 0.25) is 11.8 Å². The molecular weight excluding hydrogens is 318 g/mol. The van der Waals surface area contributed by atoms with E-state index in [2.05, 4.69) is 15.0 Å². The van der Waals surface area contributed by atoms with Gasteiger partial charge in [0.05, 0.1) is 19.2 Å². The highest BCUT2D eigenvalue weighted by molar-refractivity contribution is 7.13. The third-order valence-electron chi connectivity index (χ3n) is 3.76. The Kier molecular flexibility index (Phi) is 6.09. The molecule has 1 aliphatic rings. The molecule has 2 rings (SSSR count). The first-order chi connectivity index (χ1) is 11.0. The lowest BCUT2D eigenvalue weighted by Crippen LogP contribution is -2.49. The standard InChI is InChI=1S/C15H21N3O4S/c1-3-12(19)18-7-5-4-6-11(18)14(21)17-15-16-10(9-23-15)8-13(20)22-2/h9,11H,3-8H2,1-2H3,(H,16,17,21)/t11-/m0/s1. The molecule has 23 heavy (non-hydrogen) atoms. The second kappa shape index (κ2) is 8.05. The first-order valence-corrected chi connectivity index (χ1v) is 8.54. The fourth-order valence-corrected chi connectivity index (χ4v) is 3.27. The minimum atomic E-state index is -0.441. The number of rotatable bonds is 5. The molecule has 1 aromatic rings. The third kappa shape index (κ3) is 4.51. The lowest BCUT2D eigenvalue weighted by molar-refractivity contribution is -0.140. The van der Waals surface area contributed by atoms with Gasteiger partial charge in [0.25, 0.3) is 0 Å². The molecule has 8 heteroatoms. The van der Waals surface area contributed by atoms with Crippen LogP contribution >= 0.6 is 11.3 Å². The summed E-state index contributed by atoms with van der Waals surface area (Å²) >= 11 is 1.26. The summed E-state index contributed by atoms with van der Waals surface area (Å²) in [5.74, 6) is -0.596. The van der Waals surface area contributed by atoms with Gasteiger partial charge in [0, 0.05) is 18.3 Å². The van der Waals surface area contributed by atoms with Crippen LogP contribution in [0.3, 0.4) is 0 Å². The third-order valence-corrected chi connectivity index (χ3v) is 4.57. The van der Waals surface area contributed by atoms with Crippen LogP contribution in [0.4, 0.5) is 5.13 Å². The van der Waals surface area contributed by atoms with E-state index in [0.29, 0.717) is 30.2 Å². The van der Waals surface area contributed by atoms with E-state index < -0.39 is 6.04 Å². The van der Waals surface area contributed by atoms with Gasteiger partial charge in [-0.25, -0.2) is 4.98 Å². The molecule has 0 spiro atoms. The maximum atomic E-state index is 12.5. The van der Waals surface area contributed by atoms with Crippen LogP contribution in [0.1, 0.15) is 38.3 Å². The minimum absolute atomic E-state index is 0.00429. The fourth-order valence-electron chi connectivity index (χ4n) is 2.56. The Labute approximate surface area is 139 Å². The van der Waals surface area contributed by atoms with E-state index in [0.717, 1.165) is 12.8 Å². The molecule has 0 saturated carbocycles. The van der Waals surface area contributed by atoms with E-state index in [1.807, 2.05) is 0 Å². The smallest absolute Gasteiger partial charge is 0.311 e. The molecule has 1 atom stereocenters. The number of nitrogens with zero attached hydrogens (tertiary/aromatic N) is 2. The number of hydrogen-bond donors (Lipinski definition) is 1. The quantitative estimate of drug-likeness (QED) is 0.823. The second-order valence-electron chi connectivity index (χ2n) is 5.34. The summed E-state index contributed by atoms with van der Waals surface area (Å²) in [7, 11) is 1.32. The highest BCUT2D eigenvalue weighted by Gasteiger charge is 2.31. The molecule has 1 N–H and O–H groups in total. The normalized spacial score (nSPS) is 17.7. The van der Waals surface area contributed by atoms with Gasteiger partial charge in [-0.05, 0) is 19.3 Å². The molecule has 0 bridgehead atoms. The minimum Gasteiger partial charge on any atom is -0.469 e. The van der Waals surface area contributed by atoms with Crippen molar-refractivity contribution in [3.05, 3.63) is 11.1 Å². The number of ether oxygens (including phenoxy) is 1. The van der Waals surface area contributed by atoms with Gasteiger partial charge < -0.3 is 15.0 Å². The lowest BCUT2D eigenvalue weighted by atomic mass is 10.0. The van der Waals surface area contributed by atoms with Gasteiger partial charge >= 0.3 is 5.97 Å². The van der Waals surface area contributed by atoms with Crippen molar-refractivity contribution >= 4 is 34.3 Å². The predicted molar refractivity (Wildman–Crippen MR) is 86.1 cm³/mol. The van der Waals surface area contributed by atoms with Gasteiger partial charge in [0.1, 0.15) is 6.04 Å². The van der Waals surface area contributed by atoms with Crippen LogP contribution in [-0.2, 0) is 25.5 Å². The number of methoxy groups -OCH3 is 1. The summed E-state index contributed by atoms with van der Waals surface area (Å²) in [6.45, 7) is 2.42. The molecule has 1 fully saturated rings. The van der Waals surface area contributed by atoms with Gasteiger partial charge in [-0.15, -0.1) is 11.3 Å². The van der Waals surface area contributed by atoms with Crippen molar-refractivity contribution in [3.63, 3.8) is 0 Å². The number of anilines is 1. The van der Waals surface area contributed by atoms with Crippen LogP contribution in [0, 0.1) is 0 Å². The second-order valence-corrected chi connectivity index (χ2v) is 6.20. The summed E-state index contributed by atoms with van der Waals surface area (Å²) in [6, 6.07) is -0.441. The topological polar surface area (TPSA) is 88.6 Å². The van der Waals surface area contributed by atoms with E-state index in [9.17, 15) is 14.4 Å². The molecule has 0 aromatic carbocycles. The number of esters is 1. The summed E-state index contributed by atoms with van der Waals surface area (Å²) in [6.07, 6.45) is 2.99. The maximum Gasteiger partial charge on any atom is 0.311 e. The molecule has 0 aliphatic carbocycles. The van der Waals surface area contributed by atoms with Crippen molar-refractivity contribution < 1.29 is 19.1 Å². The van der Waals surface area contributed by atoms with Crippen LogP contribution < -0.4 is 5.32 Å². The van der Waals surface area contributed by atoms with E-state index >= 15 is 0 Å². The monoisotopic (exact) mass is 339 g/mol. The van der Waals surface area contributed by atoms with Gasteiger partial charge in [-0.1, -0.05) is 6.92 Å². The van der Waals surface area contributed by atoms with Gasteiger partial charge in [-0.3, -0.25) is 14.4 Å². The summed E-state index contributed by atoms with van der Waals surface area (Å²) in [5, 5.41) is 4.90. The number of hydrogen-bond acceptors (Lipinski definition) is 6. The zero-order valence-corrected chi connectivity index (χ0v) is 14.1. The van der Waals surface area contributed by atoms with Gasteiger partial charge in [-0.2, -0.15) is 0 Å². The highest BCUT2D eigenvalue weighted by Crippen LogP contribution is 2.21. The van der Waals surface area contributed by atoms with Crippen molar-refractivity contribution in [2.75, 3.05) is 19.0 Å². The Balaban J connectivity index is 2.00. The number of nitrogens with one attached hydrogen (secondary N) is 1. The molecule has 0 radical (unpaired) electrons. The molecule has 2 amide bonds. The maximum absolute atomic E-state index is 12.5. The van der Waals surface area contributed by atoms with Crippen molar-refractivity contribution in [2.45, 2.75) is 45.1 Å². The number of amides is 2. The molecule has 1 aliphatic heterocycles. The molecule has 126 valence electrons.